The number of aromatic nitrogens is 1. The maximum Gasteiger partial charge on any atom is 0.260 e. The quantitative estimate of drug-likeness (QED) is 0.884. The number of benzene rings is 1. The third-order valence-corrected chi connectivity index (χ3v) is 3.24. The average molecular weight is 322 g/mol. The van der Waals surface area contributed by atoms with Crippen molar-refractivity contribution >= 4 is 5.91 Å². The summed E-state index contributed by atoms with van der Waals surface area (Å²) in [5, 5.41) is 9.13. The lowest BCUT2D eigenvalue weighted by molar-refractivity contribution is 0.0697. The van der Waals surface area contributed by atoms with E-state index >= 15 is 0 Å². The first kappa shape index (κ1) is 16.8. The SMILES string of the molecule is COc1ccc(F)c(C(=O)N(CCO)Cc2cccnc2)c1F. The standard InChI is InChI=1S/C16H16F2N2O3/c1-23-13-5-4-12(17)14(15(13)18)16(22)20(7-8-21)10-11-3-2-6-19-9-11/h2-6,9,21H,7-8,10H2,1H3. The number of amides is 1. The van der Waals surface area contributed by atoms with E-state index in [0.717, 1.165) is 17.0 Å². The van der Waals surface area contributed by atoms with E-state index in [-0.39, 0.29) is 25.4 Å². The maximum absolute atomic E-state index is 14.2. The van der Waals surface area contributed by atoms with Crippen molar-refractivity contribution in [3.63, 3.8) is 0 Å². The lowest BCUT2D eigenvalue weighted by atomic mass is 10.1. The highest BCUT2D eigenvalue weighted by Crippen LogP contribution is 2.24. The number of pyridine rings is 1. The maximum atomic E-state index is 14.2. The highest BCUT2D eigenvalue weighted by Gasteiger charge is 2.25. The van der Waals surface area contributed by atoms with E-state index in [9.17, 15) is 13.6 Å². The Morgan fingerprint density at radius 3 is 2.74 bits per heavy atom. The van der Waals surface area contributed by atoms with Crippen molar-refractivity contribution in [3.8, 4) is 5.75 Å². The van der Waals surface area contributed by atoms with Crippen molar-refractivity contribution in [3.05, 3.63) is 59.4 Å². The topological polar surface area (TPSA) is 62.7 Å². The molecule has 0 aliphatic rings. The number of aliphatic hydroxyl groups excluding tert-OH is 1. The number of nitrogens with zero attached hydrogens (tertiary/aromatic N) is 2. The van der Waals surface area contributed by atoms with Crippen LogP contribution in [-0.2, 0) is 6.54 Å². The molecular formula is C16H16F2N2O3. The molecule has 0 aliphatic carbocycles. The Hall–Kier alpha value is -2.54. The minimum atomic E-state index is -1.06. The van der Waals surface area contributed by atoms with Crippen LogP contribution < -0.4 is 4.74 Å². The second kappa shape index (κ2) is 7.64. The van der Waals surface area contributed by atoms with Gasteiger partial charge in [0.2, 0.25) is 0 Å². The molecule has 0 unspecified atom stereocenters. The minimum absolute atomic E-state index is 0.0657. The van der Waals surface area contributed by atoms with Crippen LogP contribution in [-0.4, -0.2) is 41.2 Å². The molecule has 0 saturated heterocycles. The van der Waals surface area contributed by atoms with Crippen molar-refractivity contribution in [2.75, 3.05) is 20.3 Å². The molecule has 122 valence electrons. The fourth-order valence-electron chi connectivity index (χ4n) is 2.13. The number of halogens is 2. The number of hydrogen-bond donors (Lipinski definition) is 1. The first-order valence-corrected chi connectivity index (χ1v) is 6.89. The molecule has 0 bridgehead atoms. The molecule has 1 amide bonds. The summed E-state index contributed by atoms with van der Waals surface area (Å²) in [6.07, 6.45) is 3.11. The second-order valence-corrected chi connectivity index (χ2v) is 4.75. The van der Waals surface area contributed by atoms with Gasteiger partial charge in [0.05, 0.1) is 13.7 Å². The summed E-state index contributed by atoms with van der Waals surface area (Å²) >= 11 is 0. The Morgan fingerprint density at radius 1 is 1.35 bits per heavy atom. The number of aliphatic hydroxyl groups is 1. The average Bonchev–Trinajstić information content (AvgIpc) is 2.55. The van der Waals surface area contributed by atoms with Crippen LogP contribution in [0.25, 0.3) is 0 Å². The van der Waals surface area contributed by atoms with E-state index in [1.807, 2.05) is 0 Å². The molecule has 2 aromatic rings. The molecule has 0 fully saturated rings. The summed E-state index contributed by atoms with van der Waals surface area (Å²) in [7, 11) is 1.23. The van der Waals surface area contributed by atoms with Gasteiger partial charge in [-0.25, -0.2) is 8.78 Å². The zero-order valence-electron chi connectivity index (χ0n) is 12.5. The van der Waals surface area contributed by atoms with E-state index in [1.165, 1.54) is 13.3 Å². The lowest BCUT2D eigenvalue weighted by Gasteiger charge is -2.22. The summed E-state index contributed by atoms with van der Waals surface area (Å²) < 4.78 is 33.0. The van der Waals surface area contributed by atoms with E-state index in [4.69, 9.17) is 9.84 Å². The highest BCUT2D eigenvalue weighted by molar-refractivity contribution is 5.95. The molecule has 1 heterocycles. The third kappa shape index (κ3) is 3.81. The van der Waals surface area contributed by atoms with Crippen LogP contribution in [0.5, 0.6) is 5.75 Å². The first-order valence-electron chi connectivity index (χ1n) is 6.89. The van der Waals surface area contributed by atoms with Crippen LogP contribution in [0.2, 0.25) is 0 Å². The molecule has 7 heteroatoms. The van der Waals surface area contributed by atoms with Crippen molar-refractivity contribution < 1.29 is 23.4 Å². The molecule has 5 nitrogen and oxygen atoms in total. The van der Waals surface area contributed by atoms with Crippen molar-refractivity contribution in [2.24, 2.45) is 0 Å². The number of carbonyl (C=O) groups is 1. The van der Waals surface area contributed by atoms with Crippen LogP contribution in [0, 0.1) is 11.6 Å². The molecule has 0 radical (unpaired) electrons. The van der Waals surface area contributed by atoms with Gasteiger partial charge in [-0.15, -0.1) is 0 Å². The lowest BCUT2D eigenvalue weighted by Crippen LogP contribution is -2.34. The van der Waals surface area contributed by atoms with Gasteiger partial charge in [0.25, 0.3) is 5.91 Å². The smallest absolute Gasteiger partial charge is 0.260 e. The summed E-state index contributed by atoms with van der Waals surface area (Å²) in [6, 6.07) is 5.49. The number of carbonyl (C=O) groups excluding carboxylic acids is 1. The van der Waals surface area contributed by atoms with E-state index in [2.05, 4.69) is 4.98 Å². The van der Waals surface area contributed by atoms with E-state index in [0.29, 0.717) is 5.56 Å². The van der Waals surface area contributed by atoms with Gasteiger partial charge in [-0.3, -0.25) is 9.78 Å². The largest absolute Gasteiger partial charge is 0.494 e. The summed E-state index contributed by atoms with van der Waals surface area (Å²) in [4.78, 5) is 17.6. The Morgan fingerprint density at radius 2 is 2.13 bits per heavy atom. The molecule has 0 aliphatic heterocycles. The molecule has 23 heavy (non-hydrogen) atoms. The van der Waals surface area contributed by atoms with Crippen LogP contribution in [0.3, 0.4) is 0 Å². The predicted molar refractivity (Wildman–Crippen MR) is 79.0 cm³/mol. The zero-order valence-corrected chi connectivity index (χ0v) is 12.5. The molecule has 0 atom stereocenters. The monoisotopic (exact) mass is 322 g/mol. The predicted octanol–water partition coefficient (Wildman–Crippen LogP) is 2.00. The van der Waals surface area contributed by atoms with Gasteiger partial charge in [-0.2, -0.15) is 0 Å². The number of ether oxygens (including phenoxy) is 1. The van der Waals surface area contributed by atoms with Gasteiger partial charge in [-0.05, 0) is 23.8 Å². The van der Waals surface area contributed by atoms with Gasteiger partial charge >= 0.3 is 0 Å². The molecule has 2 rings (SSSR count). The van der Waals surface area contributed by atoms with E-state index < -0.39 is 23.1 Å². The van der Waals surface area contributed by atoms with Crippen LogP contribution in [0.1, 0.15) is 15.9 Å². The molecule has 1 aromatic heterocycles. The molecule has 0 saturated carbocycles. The fourth-order valence-corrected chi connectivity index (χ4v) is 2.13. The van der Waals surface area contributed by atoms with Crippen molar-refractivity contribution in [2.45, 2.75) is 6.54 Å². The number of methoxy groups -OCH3 is 1. The second-order valence-electron chi connectivity index (χ2n) is 4.75. The summed E-state index contributed by atoms with van der Waals surface area (Å²) in [6.45, 7) is -0.327. The molecule has 1 N–H and O–H groups in total. The van der Waals surface area contributed by atoms with Crippen LogP contribution in [0.15, 0.2) is 36.7 Å². The Bertz CT molecular complexity index is 681. The summed E-state index contributed by atoms with van der Waals surface area (Å²) in [5.41, 5.74) is -0.0281. The van der Waals surface area contributed by atoms with Gasteiger partial charge in [0.1, 0.15) is 11.4 Å². The molecule has 1 aromatic carbocycles. The first-order chi connectivity index (χ1) is 11.1. The van der Waals surface area contributed by atoms with Gasteiger partial charge in [0, 0.05) is 25.5 Å². The minimum Gasteiger partial charge on any atom is -0.494 e. The number of hydrogen-bond acceptors (Lipinski definition) is 4. The highest BCUT2D eigenvalue weighted by atomic mass is 19.1. The molecule has 0 spiro atoms. The number of rotatable bonds is 6. The van der Waals surface area contributed by atoms with Crippen molar-refractivity contribution in [1.82, 2.24) is 9.88 Å². The van der Waals surface area contributed by atoms with Gasteiger partial charge in [-0.1, -0.05) is 6.07 Å². The fraction of sp³-hybridized carbons (Fsp3) is 0.250. The summed E-state index contributed by atoms with van der Waals surface area (Å²) in [5.74, 6) is -3.13. The normalized spacial score (nSPS) is 10.4. The third-order valence-electron chi connectivity index (χ3n) is 3.24. The van der Waals surface area contributed by atoms with Gasteiger partial charge in [0.15, 0.2) is 11.6 Å². The van der Waals surface area contributed by atoms with Crippen LogP contribution >= 0.6 is 0 Å². The Balaban J connectivity index is 2.35. The Labute approximate surface area is 132 Å². The Kier molecular flexibility index (Phi) is 5.59. The van der Waals surface area contributed by atoms with Gasteiger partial charge < -0.3 is 14.7 Å². The van der Waals surface area contributed by atoms with E-state index in [1.54, 1.807) is 18.3 Å². The van der Waals surface area contributed by atoms with Crippen LogP contribution in [0.4, 0.5) is 8.78 Å². The van der Waals surface area contributed by atoms with Crippen molar-refractivity contribution in [1.29, 1.82) is 0 Å². The zero-order chi connectivity index (χ0) is 16.8. The molecular weight excluding hydrogens is 306 g/mol.